The number of nitrogens with zero attached hydrogens (tertiary/aromatic N) is 1. The minimum Gasteiger partial charge on any atom is -0.345 e. The molecule has 0 aliphatic carbocycles. The summed E-state index contributed by atoms with van der Waals surface area (Å²) in [6.07, 6.45) is 3.25. The van der Waals surface area contributed by atoms with Crippen LogP contribution in [0.25, 0.3) is 0 Å². The molecule has 0 spiro atoms. The first kappa shape index (κ1) is 21.4. The first-order valence-corrected chi connectivity index (χ1v) is 8.07. The molecule has 3 nitrogen and oxygen atoms in total. The van der Waals surface area contributed by atoms with E-state index in [1.165, 1.54) is 12.8 Å². The molecule has 0 heterocycles. The van der Waals surface area contributed by atoms with Crippen molar-refractivity contribution in [3.8, 4) is 0 Å². The van der Waals surface area contributed by atoms with E-state index in [-0.39, 0.29) is 29.6 Å². The first-order chi connectivity index (χ1) is 8.40. The van der Waals surface area contributed by atoms with Crippen molar-refractivity contribution in [1.82, 2.24) is 4.90 Å². The molecule has 0 aliphatic rings. The third kappa shape index (κ3) is 9.58. The average Bonchev–Trinajstić information content (AvgIpc) is 2.34. The van der Waals surface area contributed by atoms with Crippen molar-refractivity contribution in [1.29, 1.82) is 0 Å². The number of hydrogen-bond acceptors (Lipinski definition) is 3. The standard InChI is InChI=1S/C14H30N2OS.ClH/c1-6-7-10-18-12(4)14(17)16(5)9-8-13(15)11(2)3;/h11-13H,6-10,15H2,1-5H3;1H. The van der Waals surface area contributed by atoms with E-state index in [2.05, 4.69) is 20.8 Å². The Balaban J connectivity index is 0. The second kappa shape index (κ2) is 11.9. The van der Waals surface area contributed by atoms with Crippen LogP contribution in [0.1, 0.15) is 47.0 Å². The second-order valence-electron chi connectivity index (χ2n) is 5.32. The van der Waals surface area contributed by atoms with E-state index in [0.29, 0.717) is 5.92 Å². The fourth-order valence-electron chi connectivity index (χ4n) is 1.57. The number of amides is 1. The maximum Gasteiger partial charge on any atom is 0.235 e. The molecule has 0 fully saturated rings. The molecular weight excluding hydrogens is 280 g/mol. The number of rotatable bonds is 9. The number of carbonyl (C=O) groups is 1. The predicted molar refractivity (Wildman–Crippen MR) is 89.1 cm³/mol. The zero-order valence-electron chi connectivity index (χ0n) is 13.0. The van der Waals surface area contributed by atoms with Gasteiger partial charge in [-0.3, -0.25) is 4.79 Å². The summed E-state index contributed by atoms with van der Waals surface area (Å²) < 4.78 is 0. The van der Waals surface area contributed by atoms with Gasteiger partial charge in [-0.1, -0.05) is 27.2 Å². The summed E-state index contributed by atoms with van der Waals surface area (Å²) in [7, 11) is 1.88. The van der Waals surface area contributed by atoms with Crippen LogP contribution in [0.3, 0.4) is 0 Å². The van der Waals surface area contributed by atoms with Crippen LogP contribution >= 0.6 is 24.2 Å². The van der Waals surface area contributed by atoms with E-state index in [4.69, 9.17) is 5.73 Å². The normalized spacial score (nSPS) is 13.8. The van der Waals surface area contributed by atoms with Gasteiger partial charge in [0.1, 0.15) is 0 Å². The summed E-state index contributed by atoms with van der Waals surface area (Å²) in [5, 5.41) is 0.0665. The van der Waals surface area contributed by atoms with Gasteiger partial charge in [0, 0.05) is 19.6 Å². The van der Waals surface area contributed by atoms with Gasteiger partial charge in [0.15, 0.2) is 0 Å². The van der Waals surface area contributed by atoms with Gasteiger partial charge < -0.3 is 10.6 Å². The molecule has 0 aromatic heterocycles. The van der Waals surface area contributed by atoms with E-state index >= 15 is 0 Å². The Morgan fingerprint density at radius 2 is 1.89 bits per heavy atom. The van der Waals surface area contributed by atoms with Gasteiger partial charge in [-0.05, 0) is 31.4 Å². The van der Waals surface area contributed by atoms with Gasteiger partial charge >= 0.3 is 0 Å². The highest BCUT2D eigenvalue weighted by molar-refractivity contribution is 8.00. The Hall–Kier alpha value is 0.0700. The lowest BCUT2D eigenvalue weighted by Gasteiger charge is -2.24. The van der Waals surface area contributed by atoms with Crippen LogP contribution < -0.4 is 5.73 Å². The van der Waals surface area contributed by atoms with Crippen molar-refractivity contribution in [2.24, 2.45) is 11.7 Å². The first-order valence-electron chi connectivity index (χ1n) is 7.02. The molecule has 0 radical (unpaired) electrons. The molecule has 0 aliphatic heterocycles. The van der Waals surface area contributed by atoms with Gasteiger partial charge in [-0.15, -0.1) is 24.2 Å². The Bertz CT molecular complexity index is 239. The molecule has 0 aromatic rings. The highest BCUT2D eigenvalue weighted by Crippen LogP contribution is 2.15. The second-order valence-corrected chi connectivity index (χ2v) is 6.77. The largest absolute Gasteiger partial charge is 0.345 e. The third-order valence-corrected chi connectivity index (χ3v) is 4.47. The highest BCUT2D eigenvalue weighted by atomic mass is 35.5. The van der Waals surface area contributed by atoms with E-state index in [1.54, 1.807) is 11.8 Å². The molecule has 0 bridgehead atoms. The molecule has 0 saturated carbocycles. The van der Waals surface area contributed by atoms with Crippen LogP contribution in [-0.4, -0.2) is 41.4 Å². The zero-order valence-corrected chi connectivity index (χ0v) is 14.6. The Morgan fingerprint density at radius 1 is 1.32 bits per heavy atom. The number of thioether (sulfide) groups is 1. The maximum absolute atomic E-state index is 12.1. The number of nitrogens with two attached hydrogens (primary N) is 1. The maximum atomic E-state index is 12.1. The molecule has 0 rings (SSSR count). The van der Waals surface area contributed by atoms with Gasteiger partial charge in [0.05, 0.1) is 5.25 Å². The van der Waals surface area contributed by atoms with Crippen molar-refractivity contribution in [2.75, 3.05) is 19.3 Å². The van der Waals surface area contributed by atoms with Gasteiger partial charge in [-0.2, -0.15) is 0 Å². The van der Waals surface area contributed by atoms with Crippen LogP contribution in [0, 0.1) is 5.92 Å². The Morgan fingerprint density at radius 3 is 2.37 bits per heavy atom. The minimum absolute atomic E-state index is 0. The van der Waals surface area contributed by atoms with Gasteiger partial charge in [-0.25, -0.2) is 0 Å². The lowest BCUT2D eigenvalue weighted by molar-refractivity contribution is -0.129. The SMILES string of the molecule is CCCCSC(C)C(=O)N(C)CCC(N)C(C)C.Cl. The summed E-state index contributed by atoms with van der Waals surface area (Å²) in [5.74, 6) is 1.78. The molecule has 0 saturated heterocycles. The van der Waals surface area contributed by atoms with Crippen molar-refractivity contribution in [3.63, 3.8) is 0 Å². The molecule has 19 heavy (non-hydrogen) atoms. The summed E-state index contributed by atoms with van der Waals surface area (Å²) >= 11 is 1.76. The number of hydrogen-bond donors (Lipinski definition) is 1. The van der Waals surface area contributed by atoms with E-state index < -0.39 is 0 Å². The number of unbranched alkanes of at least 4 members (excludes halogenated alkanes) is 1. The quantitative estimate of drug-likeness (QED) is 0.665. The van der Waals surface area contributed by atoms with Crippen LogP contribution in [0.2, 0.25) is 0 Å². The zero-order chi connectivity index (χ0) is 14.1. The van der Waals surface area contributed by atoms with Crippen molar-refractivity contribution < 1.29 is 4.79 Å². The van der Waals surface area contributed by atoms with Gasteiger partial charge in [0.25, 0.3) is 0 Å². The average molecular weight is 311 g/mol. The Kier molecular flexibility index (Phi) is 13.3. The monoisotopic (exact) mass is 310 g/mol. The fraction of sp³-hybridized carbons (Fsp3) is 0.929. The highest BCUT2D eigenvalue weighted by Gasteiger charge is 2.18. The molecule has 2 atom stereocenters. The number of halogens is 1. The van der Waals surface area contributed by atoms with E-state index in [9.17, 15) is 4.79 Å². The molecule has 5 heteroatoms. The van der Waals surface area contributed by atoms with Crippen molar-refractivity contribution in [2.45, 2.75) is 58.2 Å². The van der Waals surface area contributed by atoms with Crippen molar-refractivity contribution in [3.05, 3.63) is 0 Å². The van der Waals surface area contributed by atoms with Gasteiger partial charge in [0.2, 0.25) is 5.91 Å². The summed E-state index contributed by atoms with van der Waals surface area (Å²) in [6.45, 7) is 9.18. The molecule has 2 N–H and O–H groups in total. The summed E-state index contributed by atoms with van der Waals surface area (Å²) in [6, 6.07) is 0.184. The van der Waals surface area contributed by atoms with Crippen LogP contribution in [0.4, 0.5) is 0 Å². The smallest absolute Gasteiger partial charge is 0.235 e. The fourth-order valence-corrected chi connectivity index (χ4v) is 2.70. The molecular formula is C14H31ClN2OS. The summed E-state index contributed by atoms with van der Waals surface area (Å²) in [4.78, 5) is 13.9. The summed E-state index contributed by atoms with van der Waals surface area (Å²) in [5.41, 5.74) is 6.00. The van der Waals surface area contributed by atoms with Crippen molar-refractivity contribution >= 4 is 30.1 Å². The number of carbonyl (C=O) groups excluding carboxylic acids is 1. The molecule has 2 unspecified atom stereocenters. The van der Waals surface area contributed by atoms with Crippen LogP contribution in [0.5, 0.6) is 0 Å². The van der Waals surface area contributed by atoms with Crippen LogP contribution in [0.15, 0.2) is 0 Å². The molecule has 0 aromatic carbocycles. The molecule has 116 valence electrons. The minimum atomic E-state index is 0. The molecule has 1 amide bonds. The van der Waals surface area contributed by atoms with Crippen LogP contribution in [-0.2, 0) is 4.79 Å². The lowest BCUT2D eigenvalue weighted by Crippen LogP contribution is -2.38. The van der Waals surface area contributed by atoms with E-state index in [1.807, 2.05) is 18.9 Å². The van der Waals surface area contributed by atoms with E-state index in [0.717, 1.165) is 18.7 Å². The Labute approximate surface area is 129 Å². The third-order valence-electron chi connectivity index (χ3n) is 3.24. The predicted octanol–water partition coefficient (Wildman–Crippen LogP) is 3.16. The lowest BCUT2D eigenvalue weighted by atomic mass is 10.0. The topological polar surface area (TPSA) is 46.3 Å².